The minimum Gasteiger partial charge on any atom is -0.355 e. The van der Waals surface area contributed by atoms with Crippen LogP contribution in [0.5, 0.6) is 0 Å². The van der Waals surface area contributed by atoms with Gasteiger partial charge < -0.3 is 5.32 Å². The van der Waals surface area contributed by atoms with Crippen LogP contribution in [0.1, 0.15) is 6.92 Å². The highest BCUT2D eigenvalue weighted by atomic mass is 35.5. The first kappa shape index (κ1) is 12.7. The molecule has 0 bridgehead atoms. The van der Waals surface area contributed by atoms with Crippen molar-refractivity contribution in [3.8, 4) is 0 Å². The molecular formula is C6H13ClN2O3S. The lowest BCUT2D eigenvalue weighted by molar-refractivity contribution is -0.121. The van der Waals surface area contributed by atoms with E-state index >= 15 is 0 Å². The fourth-order valence-electron chi connectivity index (χ4n) is 0.637. The third-order valence-electron chi connectivity index (χ3n) is 1.35. The quantitative estimate of drug-likeness (QED) is 0.650. The summed E-state index contributed by atoms with van der Waals surface area (Å²) in [7, 11) is -2.16. The molecule has 5 nitrogen and oxygen atoms in total. The molecule has 0 aromatic rings. The van der Waals surface area contributed by atoms with Crippen LogP contribution in [-0.4, -0.2) is 44.0 Å². The summed E-state index contributed by atoms with van der Waals surface area (Å²) in [6, 6.07) is 0. The standard InChI is InChI=1S/C6H13ClN2O3S/c1-3-8-6(10)4-9(2)13(11,12)5-7/h3-5H2,1-2H3,(H,8,10). The van der Waals surface area contributed by atoms with Crippen molar-refractivity contribution in [3.63, 3.8) is 0 Å². The Labute approximate surface area is 83.1 Å². The van der Waals surface area contributed by atoms with E-state index in [4.69, 9.17) is 11.6 Å². The number of rotatable bonds is 5. The lowest BCUT2D eigenvalue weighted by atomic mass is 10.5. The Morgan fingerprint density at radius 1 is 1.54 bits per heavy atom. The molecule has 0 aliphatic heterocycles. The summed E-state index contributed by atoms with van der Waals surface area (Å²) in [4.78, 5) is 11.0. The Morgan fingerprint density at radius 2 is 2.08 bits per heavy atom. The molecule has 0 saturated carbocycles. The SMILES string of the molecule is CCNC(=O)CN(C)S(=O)(=O)CCl. The summed E-state index contributed by atoms with van der Waals surface area (Å²) in [6.45, 7) is 2.05. The Hall–Kier alpha value is -0.330. The number of nitrogens with zero attached hydrogens (tertiary/aromatic N) is 1. The fourth-order valence-corrected chi connectivity index (χ4v) is 1.62. The van der Waals surface area contributed by atoms with Gasteiger partial charge in [-0.3, -0.25) is 4.79 Å². The number of alkyl halides is 1. The van der Waals surface area contributed by atoms with E-state index in [0.29, 0.717) is 6.54 Å². The summed E-state index contributed by atoms with van der Waals surface area (Å²) in [5, 5.41) is 1.97. The number of likely N-dealkylation sites (N-methyl/N-ethyl adjacent to an activating group) is 2. The van der Waals surface area contributed by atoms with Gasteiger partial charge in [0.15, 0.2) is 0 Å². The largest absolute Gasteiger partial charge is 0.355 e. The van der Waals surface area contributed by atoms with Crippen molar-refractivity contribution in [2.24, 2.45) is 0 Å². The Morgan fingerprint density at radius 3 is 2.46 bits per heavy atom. The average Bonchev–Trinajstić information content (AvgIpc) is 2.04. The molecule has 7 heteroatoms. The molecule has 0 saturated heterocycles. The summed E-state index contributed by atoms with van der Waals surface area (Å²) in [6.07, 6.45) is 0. The highest BCUT2D eigenvalue weighted by molar-refractivity contribution is 7.90. The first-order valence-corrected chi connectivity index (χ1v) is 5.85. The molecule has 1 N–H and O–H groups in total. The minimum atomic E-state index is -3.47. The fraction of sp³-hybridized carbons (Fsp3) is 0.833. The van der Waals surface area contributed by atoms with Gasteiger partial charge in [-0.05, 0) is 6.92 Å². The van der Waals surface area contributed by atoms with Crippen LogP contribution in [0.15, 0.2) is 0 Å². The van der Waals surface area contributed by atoms with Crippen molar-refractivity contribution >= 4 is 27.5 Å². The topological polar surface area (TPSA) is 66.5 Å². The van der Waals surface area contributed by atoms with E-state index in [2.05, 4.69) is 5.32 Å². The maximum atomic E-state index is 11.1. The predicted molar refractivity (Wildman–Crippen MR) is 51.0 cm³/mol. The molecule has 0 spiro atoms. The predicted octanol–water partition coefficient (Wildman–Crippen LogP) is -0.420. The van der Waals surface area contributed by atoms with E-state index in [-0.39, 0.29) is 12.5 Å². The van der Waals surface area contributed by atoms with Crippen molar-refractivity contribution in [2.45, 2.75) is 6.92 Å². The van der Waals surface area contributed by atoms with Gasteiger partial charge in [0.2, 0.25) is 15.9 Å². The van der Waals surface area contributed by atoms with Gasteiger partial charge in [-0.2, -0.15) is 4.31 Å². The number of carbonyl (C=O) groups excluding carboxylic acids is 1. The number of nitrogens with one attached hydrogen (secondary N) is 1. The number of halogens is 1. The number of carbonyl (C=O) groups is 1. The minimum absolute atomic E-state index is 0.192. The summed E-state index contributed by atoms with van der Waals surface area (Å²) in [5.74, 6) is -0.335. The average molecular weight is 229 g/mol. The second kappa shape index (κ2) is 5.41. The molecule has 0 unspecified atom stereocenters. The molecule has 0 rings (SSSR count). The van der Waals surface area contributed by atoms with Gasteiger partial charge in [-0.15, -0.1) is 11.6 Å². The van der Waals surface area contributed by atoms with Crippen molar-refractivity contribution < 1.29 is 13.2 Å². The summed E-state index contributed by atoms with van der Waals surface area (Å²) < 4.78 is 23.0. The van der Waals surface area contributed by atoms with E-state index in [9.17, 15) is 13.2 Å². The lowest BCUT2D eigenvalue weighted by Crippen LogP contribution is -2.38. The van der Waals surface area contributed by atoms with E-state index < -0.39 is 15.2 Å². The Kier molecular flexibility index (Phi) is 5.27. The monoisotopic (exact) mass is 228 g/mol. The number of hydrogen-bond acceptors (Lipinski definition) is 3. The molecule has 0 aromatic heterocycles. The van der Waals surface area contributed by atoms with Crippen LogP contribution in [0, 0.1) is 0 Å². The third kappa shape index (κ3) is 4.44. The van der Waals surface area contributed by atoms with Crippen molar-refractivity contribution in [1.29, 1.82) is 0 Å². The second-order valence-electron chi connectivity index (χ2n) is 2.43. The van der Waals surface area contributed by atoms with Gasteiger partial charge >= 0.3 is 0 Å². The molecule has 0 radical (unpaired) electrons. The lowest BCUT2D eigenvalue weighted by Gasteiger charge is -2.14. The van der Waals surface area contributed by atoms with Crippen LogP contribution in [0.2, 0.25) is 0 Å². The van der Waals surface area contributed by atoms with E-state index in [1.165, 1.54) is 7.05 Å². The number of sulfonamides is 1. The van der Waals surface area contributed by atoms with Crippen LogP contribution >= 0.6 is 11.6 Å². The normalized spacial score (nSPS) is 11.7. The van der Waals surface area contributed by atoms with E-state index in [0.717, 1.165) is 4.31 Å². The van der Waals surface area contributed by atoms with Crippen LogP contribution in [0.25, 0.3) is 0 Å². The molecule has 0 atom stereocenters. The van der Waals surface area contributed by atoms with Gasteiger partial charge in [0, 0.05) is 13.6 Å². The molecule has 13 heavy (non-hydrogen) atoms. The van der Waals surface area contributed by atoms with Gasteiger partial charge in [0.25, 0.3) is 0 Å². The summed E-state index contributed by atoms with van der Waals surface area (Å²) in [5.41, 5.74) is 0. The Balaban J connectivity index is 4.16. The van der Waals surface area contributed by atoms with E-state index in [1.807, 2.05) is 0 Å². The number of hydrogen-bond donors (Lipinski definition) is 1. The van der Waals surface area contributed by atoms with Gasteiger partial charge in [0.1, 0.15) is 5.21 Å². The highest BCUT2D eigenvalue weighted by Crippen LogP contribution is 1.99. The van der Waals surface area contributed by atoms with Crippen molar-refractivity contribution in [1.82, 2.24) is 9.62 Å². The zero-order chi connectivity index (χ0) is 10.5. The first-order valence-electron chi connectivity index (χ1n) is 3.70. The molecular weight excluding hydrogens is 216 g/mol. The van der Waals surface area contributed by atoms with Gasteiger partial charge in [0.05, 0.1) is 6.54 Å². The van der Waals surface area contributed by atoms with E-state index in [1.54, 1.807) is 6.92 Å². The maximum absolute atomic E-state index is 11.1. The summed E-state index contributed by atoms with van der Waals surface area (Å²) >= 11 is 5.19. The van der Waals surface area contributed by atoms with Crippen LogP contribution < -0.4 is 5.32 Å². The zero-order valence-corrected chi connectivity index (χ0v) is 9.15. The number of amides is 1. The van der Waals surface area contributed by atoms with Crippen LogP contribution in [0.4, 0.5) is 0 Å². The molecule has 0 aromatic carbocycles. The van der Waals surface area contributed by atoms with Gasteiger partial charge in [-0.1, -0.05) is 0 Å². The maximum Gasteiger partial charge on any atom is 0.235 e. The van der Waals surface area contributed by atoms with Crippen molar-refractivity contribution in [2.75, 3.05) is 25.3 Å². The second-order valence-corrected chi connectivity index (χ2v) is 5.09. The first-order chi connectivity index (χ1) is 5.94. The molecule has 78 valence electrons. The molecule has 0 aliphatic carbocycles. The molecule has 0 aliphatic rings. The van der Waals surface area contributed by atoms with Crippen LogP contribution in [-0.2, 0) is 14.8 Å². The zero-order valence-electron chi connectivity index (χ0n) is 7.58. The Bertz CT molecular complexity index is 265. The van der Waals surface area contributed by atoms with Gasteiger partial charge in [-0.25, -0.2) is 8.42 Å². The highest BCUT2D eigenvalue weighted by Gasteiger charge is 2.18. The molecule has 1 amide bonds. The van der Waals surface area contributed by atoms with Crippen LogP contribution in [0.3, 0.4) is 0 Å². The molecule has 0 heterocycles. The smallest absolute Gasteiger partial charge is 0.235 e. The third-order valence-corrected chi connectivity index (χ3v) is 3.53. The van der Waals surface area contributed by atoms with Crippen molar-refractivity contribution in [3.05, 3.63) is 0 Å². The molecule has 0 fully saturated rings.